The third-order valence-corrected chi connectivity index (χ3v) is 3.70. The molecular formula is C18H20N2O6. The van der Waals surface area contributed by atoms with Crippen LogP contribution >= 0.6 is 0 Å². The van der Waals surface area contributed by atoms with Gasteiger partial charge in [-0.25, -0.2) is 4.79 Å². The van der Waals surface area contributed by atoms with Crippen molar-refractivity contribution in [2.45, 2.75) is 13.0 Å². The number of ether oxygens (including phenoxy) is 2. The third kappa shape index (κ3) is 4.28. The lowest BCUT2D eigenvalue weighted by molar-refractivity contribution is 0.104. The average molecular weight is 360 g/mol. The molecule has 2 aromatic rings. The summed E-state index contributed by atoms with van der Waals surface area (Å²) in [5, 5.41) is 10.2. The second-order valence-corrected chi connectivity index (χ2v) is 5.40. The normalized spacial score (nSPS) is 11.0. The standard InChI is InChI=1S/C18H20N2O6/c1-25-11-5-10-20-17(23)15(16(22)19-18(20)24)13(21)9-8-12-6-3-4-7-14(12)26-2/h3-4,6-9,23H,5,10-11H2,1-2H3,(H,19,22,24). The van der Waals surface area contributed by atoms with E-state index in [2.05, 4.69) is 0 Å². The maximum absolute atomic E-state index is 12.4. The van der Waals surface area contributed by atoms with Gasteiger partial charge < -0.3 is 14.6 Å². The molecule has 0 amide bonds. The maximum atomic E-state index is 12.4. The van der Waals surface area contributed by atoms with Crippen LogP contribution in [0.3, 0.4) is 0 Å². The fraction of sp³-hybridized carbons (Fsp3) is 0.278. The fourth-order valence-electron chi connectivity index (χ4n) is 2.41. The molecule has 1 heterocycles. The number of allylic oxidation sites excluding steroid dienone is 1. The SMILES string of the molecule is COCCCn1c(O)c(C(=O)C=Cc2ccccc2OC)c(=O)[nH]c1=O. The lowest BCUT2D eigenvalue weighted by Gasteiger charge is -2.09. The number of rotatable bonds is 8. The predicted octanol–water partition coefficient (Wildman–Crippen LogP) is 1.18. The summed E-state index contributed by atoms with van der Waals surface area (Å²) >= 11 is 0. The highest BCUT2D eigenvalue weighted by Crippen LogP contribution is 2.19. The van der Waals surface area contributed by atoms with E-state index in [-0.39, 0.29) is 6.54 Å². The van der Waals surface area contributed by atoms with Gasteiger partial charge >= 0.3 is 5.69 Å². The lowest BCUT2D eigenvalue weighted by atomic mass is 10.1. The number of para-hydroxylation sites is 1. The van der Waals surface area contributed by atoms with Crippen LogP contribution in [0.1, 0.15) is 22.3 Å². The Hall–Kier alpha value is -3.13. The molecule has 8 nitrogen and oxygen atoms in total. The number of aromatic nitrogens is 2. The fourth-order valence-corrected chi connectivity index (χ4v) is 2.41. The van der Waals surface area contributed by atoms with Gasteiger partial charge in [-0.2, -0.15) is 0 Å². The van der Waals surface area contributed by atoms with Crippen molar-refractivity contribution < 1.29 is 19.4 Å². The van der Waals surface area contributed by atoms with Crippen molar-refractivity contribution in [3.05, 3.63) is 62.3 Å². The van der Waals surface area contributed by atoms with Crippen molar-refractivity contribution in [2.24, 2.45) is 0 Å². The number of hydrogen-bond acceptors (Lipinski definition) is 6. The number of carbonyl (C=O) groups excluding carboxylic acids is 1. The van der Waals surface area contributed by atoms with E-state index >= 15 is 0 Å². The van der Waals surface area contributed by atoms with Crippen LogP contribution in [0.25, 0.3) is 6.08 Å². The zero-order chi connectivity index (χ0) is 19.1. The van der Waals surface area contributed by atoms with Gasteiger partial charge in [0.25, 0.3) is 5.56 Å². The molecular weight excluding hydrogens is 340 g/mol. The van der Waals surface area contributed by atoms with Gasteiger partial charge in [-0.1, -0.05) is 18.2 Å². The van der Waals surface area contributed by atoms with E-state index < -0.39 is 28.5 Å². The number of H-pyrrole nitrogens is 1. The van der Waals surface area contributed by atoms with Gasteiger partial charge in [0.2, 0.25) is 5.88 Å². The smallest absolute Gasteiger partial charge is 0.331 e. The number of benzene rings is 1. The molecule has 0 aliphatic heterocycles. The number of aromatic amines is 1. The molecule has 0 aliphatic rings. The Morgan fingerprint density at radius 1 is 1.27 bits per heavy atom. The quantitative estimate of drug-likeness (QED) is 0.415. The van der Waals surface area contributed by atoms with Crippen molar-refractivity contribution in [1.29, 1.82) is 0 Å². The summed E-state index contributed by atoms with van der Waals surface area (Å²) in [4.78, 5) is 38.3. The molecule has 0 radical (unpaired) electrons. The lowest BCUT2D eigenvalue weighted by Crippen LogP contribution is -2.33. The van der Waals surface area contributed by atoms with Crippen LogP contribution in [0.5, 0.6) is 11.6 Å². The van der Waals surface area contributed by atoms with E-state index in [9.17, 15) is 19.5 Å². The Kier molecular flexibility index (Phi) is 6.51. The summed E-state index contributed by atoms with van der Waals surface area (Å²) in [7, 11) is 3.01. The van der Waals surface area contributed by atoms with E-state index in [1.165, 1.54) is 20.3 Å². The number of carbonyl (C=O) groups is 1. The summed E-state index contributed by atoms with van der Waals surface area (Å²) in [6.45, 7) is 0.466. The van der Waals surface area contributed by atoms with Gasteiger partial charge in [-0.3, -0.25) is 19.1 Å². The van der Waals surface area contributed by atoms with E-state index in [4.69, 9.17) is 9.47 Å². The van der Waals surface area contributed by atoms with Crippen LogP contribution in [0.15, 0.2) is 39.9 Å². The van der Waals surface area contributed by atoms with Gasteiger partial charge in [0.05, 0.1) is 7.11 Å². The highest BCUT2D eigenvalue weighted by molar-refractivity contribution is 6.08. The van der Waals surface area contributed by atoms with Crippen LogP contribution in [0.4, 0.5) is 0 Å². The first-order valence-electron chi connectivity index (χ1n) is 7.90. The highest BCUT2D eigenvalue weighted by atomic mass is 16.5. The van der Waals surface area contributed by atoms with Crippen molar-refractivity contribution in [1.82, 2.24) is 9.55 Å². The van der Waals surface area contributed by atoms with Crippen molar-refractivity contribution in [2.75, 3.05) is 20.8 Å². The molecule has 0 bridgehead atoms. The Bertz CT molecular complexity index is 926. The summed E-state index contributed by atoms with van der Waals surface area (Å²) in [5.74, 6) is -0.834. The van der Waals surface area contributed by atoms with Crippen LogP contribution in [-0.4, -0.2) is 41.3 Å². The molecule has 8 heteroatoms. The Labute approximate surface area is 149 Å². The Balaban J connectivity index is 2.36. The molecule has 138 valence electrons. The van der Waals surface area contributed by atoms with Gasteiger partial charge in [0.1, 0.15) is 11.3 Å². The van der Waals surface area contributed by atoms with Crippen molar-refractivity contribution in [3.8, 4) is 11.6 Å². The molecule has 0 saturated carbocycles. The zero-order valence-corrected chi connectivity index (χ0v) is 14.5. The van der Waals surface area contributed by atoms with Crippen molar-refractivity contribution >= 4 is 11.9 Å². The highest BCUT2D eigenvalue weighted by Gasteiger charge is 2.19. The summed E-state index contributed by atoms with van der Waals surface area (Å²) in [6.07, 6.45) is 3.05. The second-order valence-electron chi connectivity index (χ2n) is 5.40. The number of methoxy groups -OCH3 is 2. The summed E-state index contributed by atoms with van der Waals surface area (Å²) < 4.78 is 11.0. The maximum Gasteiger partial charge on any atom is 0.331 e. The zero-order valence-electron chi connectivity index (χ0n) is 14.5. The molecule has 0 unspecified atom stereocenters. The van der Waals surface area contributed by atoms with E-state index in [1.54, 1.807) is 24.3 Å². The first-order valence-corrected chi connectivity index (χ1v) is 7.90. The van der Waals surface area contributed by atoms with Crippen LogP contribution in [0.2, 0.25) is 0 Å². The average Bonchev–Trinajstić information content (AvgIpc) is 2.62. The molecule has 26 heavy (non-hydrogen) atoms. The largest absolute Gasteiger partial charge is 0.496 e. The molecule has 2 N–H and O–H groups in total. The molecule has 0 aliphatic carbocycles. The molecule has 1 aromatic carbocycles. The minimum Gasteiger partial charge on any atom is -0.496 e. The Morgan fingerprint density at radius 3 is 2.69 bits per heavy atom. The first kappa shape index (κ1) is 19.2. The van der Waals surface area contributed by atoms with E-state index in [0.29, 0.717) is 24.3 Å². The van der Waals surface area contributed by atoms with Gasteiger partial charge in [0.15, 0.2) is 5.78 Å². The molecule has 0 spiro atoms. The number of nitrogens with zero attached hydrogens (tertiary/aromatic N) is 1. The number of aromatic hydroxyl groups is 1. The van der Waals surface area contributed by atoms with Crippen LogP contribution in [0, 0.1) is 0 Å². The Morgan fingerprint density at radius 2 is 2.00 bits per heavy atom. The van der Waals surface area contributed by atoms with E-state index in [0.717, 1.165) is 10.6 Å². The molecule has 0 atom stereocenters. The molecule has 1 aromatic heterocycles. The second kappa shape index (κ2) is 8.82. The third-order valence-electron chi connectivity index (χ3n) is 3.70. The van der Waals surface area contributed by atoms with Gasteiger partial charge in [-0.05, 0) is 24.6 Å². The minimum atomic E-state index is -0.940. The van der Waals surface area contributed by atoms with Crippen LogP contribution in [-0.2, 0) is 11.3 Å². The topological polar surface area (TPSA) is 111 Å². The van der Waals surface area contributed by atoms with Gasteiger partial charge in [0, 0.05) is 25.8 Å². The molecule has 0 saturated heterocycles. The first-order chi connectivity index (χ1) is 12.5. The van der Waals surface area contributed by atoms with Crippen LogP contribution < -0.4 is 16.0 Å². The summed E-state index contributed by atoms with van der Waals surface area (Å²) in [6, 6.07) is 7.01. The summed E-state index contributed by atoms with van der Waals surface area (Å²) in [5.41, 5.74) is -1.58. The van der Waals surface area contributed by atoms with Crippen molar-refractivity contribution in [3.63, 3.8) is 0 Å². The van der Waals surface area contributed by atoms with E-state index in [1.807, 2.05) is 4.98 Å². The molecule has 0 fully saturated rings. The predicted molar refractivity (Wildman–Crippen MR) is 95.8 cm³/mol. The number of nitrogens with one attached hydrogen (secondary N) is 1. The monoisotopic (exact) mass is 360 g/mol. The van der Waals surface area contributed by atoms with Gasteiger partial charge in [-0.15, -0.1) is 0 Å². The number of ketones is 1. The molecule has 2 rings (SSSR count). The minimum absolute atomic E-state index is 0.103. The number of hydrogen-bond donors (Lipinski definition) is 2.